The van der Waals surface area contributed by atoms with E-state index in [9.17, 15) is 0 Å². The average Bonchev–Trinajstić information content (AvgIpc) is 2.65. The molecular formula is C8H13N5. The second-order valence-corrected chi connectivity index (χ2v) is 2.58. The van der Waals surface area contributed by atoms with Crippen LogP contribution in [-0.4, -0.2) is 15.4 Å². The first kappa shape index (κ1) is 9.71. The Kier molecular flexibility index (Phi) is 3.96. The Hall–Kier alpha value is -1.38. The normalized spacial score (nSPS) is 11.8. The number of nitrogens with two attached hydrogens (primary N) is 1. The van der Waals surface area contributed by atoms with Crippen molar-refractivity contribution in [3.05, 3.63) is 11.9 Å². The molecule has 0 fully saturated rings. The molecule has 5 heteroatoms. The molecule has 0 bridgehead atoms. The largest absolute Gasteiger partial charge is 0.271 e. The van der Waals surface area contributed by atoms with Crippen molar-refractivity contribution in [1.29, 1.82) is 0 Å². The highest BCUT2D eigenvalue weighted by Crippen LogP contribution is 2.12. The summed E-state index contributed by atoms with van der Waals surface area (Å²) in [6.07, 6.45) is 3.30. The number of hydrazine groups is 1. The van der Waals surface area contributed by atoms with Crippen molar-refractivity contribution in [3.8, 4) is 11.8 Å². The van der Waals surface area contributed by atoms with Crippen LogP contribution in [0.25, 0.3) is 0 Å². The maximum absolute atomic E-state index is 5.37. The molecule has 1 heterocycles. The Morgan fingerprint density at radius 3 is 3.15 bits per heavy atom. The first-order valence-corrected chi connectivity index (χ1v) is 4.10. The molecule has 1 rings (SSSR count). The van der Waals surface area contributed by atoms with Crippen molar-refractivity contribution in [3.63, 3.8) is 0 Å². The topological polar surface area (TPSA) is 79.6 Å². The zero-order valence-electron chi connectivity index (χ0n) is 7.54. The fraction of sp³-hybridized carbons (Fsp3) is 0.500. The number of nitrogens with zero attached hydrogens (tertiary/aromatic N) is 2. The molecule has 1 unspecified atom stereocenters. The van der Waals surface area contributed by atoms with E-state index in [2.05, 4.69) is 32.7 Å². The molecule has 0 aliphatic rings. The molecule has 0 radical (unpaired) electrons. The Morgan fingerprint density at radius 2 is 2.62 bits per heavy atom. The molecule has 4 N–H and O–H groups in total. The second-order valence-electron chi connectivity index (χ2n) is 2.58. The van der Waals surface area contributed by atoms with Crippen LogP contribution in [0, 0.1) is 11.8 Å². The molecule has 0 aromatic carbocycles. The molecule has 1 atom stereocenters. The Bertz CT molecular complexity index is 281. The van der Waals surface area contributed by atoms with Crippen LogP contribution in [-0.2, 0) is 0 Å². The molecular weight excluding hydrogens is 166 g/mol. The van der Waals surface area contributed by atoms with Crippen molar-refractivity contribution in [2.45, 2.75) is 25.8 Å². The van der Waals surface area contributed by atoms with E-state index in [0.717, 1.165) is 18.5 Å². The van der Waals surface area contributed by atoms with E-state index < -0.39 is 0 Å². The fourth-order valence-electron chi connectivity index (χ4n) is 1.04. The molecule has 5 nitrogen and oxygen atoms in total. The van der Waals surface area contributed by atoms with E-state index in [0.29, 0.717) is 0 Å². The van der Waals surface area contributed by atoms with E-state index in [1.165, 1.54) is 0 Å². The van der Waals surface area contributed by atoms with Crippen LogP contribution >= 0.6 is 0 Å². The molecule has 0 aliphatic carbocycles. The van der Waals surface area contributed by atoms with Crippen molar-refractivity contribution in [2.75, 3.05) is 0 Å². The van der Waals surface area contributed by atoms with E-state index in [1.54, 1.807) is 6.20 Å². The smallest absolute Gasteiger partial charge is 0.101 e. The minimum absolute atomic E-state index is 0.0274. The second kappa shape index (κ2) is 5.30. The van der Waals surface area contributed by atoms with Gasteiger partial charge in [-0.3, -0.25) is 11.3 Å². The van der Waals surface area contributed by atoms with Crippen molar-refractivity contribution < 1.29 is 0 Å². The lowest BCUT2D eigenvalue weighted by molar-refractivity contribution is 0.510. The van der Waals surface area contributed by atoms with Crippen LogP contribution in [0.15, 0.2) is 6.20 Å². The van der Waals surface area contributed by atoms with Gasteiger partial charge in [-0.05, 0) is 13.3 Å². The minimum Gasteiger partial charge on any atom is -0.271 e. The highest BCUT2D eigenvalue weighted by atomic mass is 15.3. The van der Waals surface area contributed by atoms with Crippen LogP contribution < -0.4 is 11.3 Å². The summed E-state index contributed by atoms with van der Waals surface area (Å²) in [7, 11) is 0. The average molecular weight is 179 g/mol. The molecule has 0 saturated carbocycles. The van der Waals surface area contributed by atoms with E-state index in [-0.39, 0.29) is 6.04 Å². The lowest BCUT2D eigenvalue weighted by atomic mass is 10.1. The van der Waals surface area contributed by atoms with Gasteiger partial charge in [0, 0.05) is 6.42 Å². The molecule has 70 valence electrons. The first-order valence-electron chi connectivity index (χ1n) is 4.10. The number of aromatic nitrogens is 3. The first-order chi connectivity index (χ1) is 6.38. The number of nitrogens with one attached hydrogen (secondary N) is 2. The summed E-state index contributed by atoms with van der Waals surface area (Å²) in [4.78, 5) is 0. The number of hydrogen-bond acceptors (Lipinski definition) is 4. The monoisotopic (exact) mass is 179 g/mol. The highest BCUT2D eigenvalue weighted by molar-refractivity contribution is 5.02. The quantitative estimate of drug-likeness (QED) is 0.348. The molecule has 0 amide bonds. The number of rotatable bonds is 4. The van der Waals surface area contributed by atoms with E-state index >= 15 is 0 Å². The third-order valence-electron chi connectivity index (χ3n) is 1.73. The minimum atomic E-state index is 0.0274. The summed E-state index contributed by atoms with van der Waals surface area (Å²) < 4.78 is 0. The summed E-state index contributed by atoms with van der Waals surface area (Å²) >= 11 is 0. The van der Waals surface area contributed by atoms with Gasteiger partial charge in [0.1, 0.15) is 5.69 Å². The number of H-pyrrole nitrogens is 1. The Balaban J connectivity index is 2.47. The van der Waals surface area contributed by atoms with E-state index in [1.807, 2.05) is 6.92 Å². The van der Waals surface area contributed by atoms with Gasteiger partial charge in [-0.1, -0.05) is 0 Å². The van der Waals surface area contributed by atoms with Crippen LogP contribution in [0.3, 0.4) is 0 Å². The van der Waals surface area contributed by atoms with Gasteiger partial charge in [-0.25, -0.2) is 0 Å². The van der Waals surface area contributed by atoms with Gasteiger partial charge >= 0.3 is 0 Å². The van der Waals surface area contributed by atoms with Crippen LogP contribution in [0.2, 0.25) is 0 Å². The predicted molar refractivity (Wildman–Crippen MR) is 49.1 cm³/mol. The standard InChI is InChI=1S/C8H13N5/c1-2-3-4-5-7(11-9)8-6-10-13-12-8/h6-7,11H,4-5,9H2,1H3,(H,10,12,13). The summed E-state index contributed by atoms with van der Waals surface area (Å²) in [6.45, 7) is 1.82. The molecule has 13 heavy (non-hydrogen) atoms. The van der Waals surface area contributed by atoms with Crippen molar-refractivity contribution in [2.24, 2.45) is 5.84 Å². The molecule has 0 spiro atoms. The third kappa shape index (κ3) is 2.86. The molecule has 0 saturated heterocycles. The summed E-state index contributed by atoms with van der Waals surface area (Å²) in [5.41, 5.74) is 3.49. The van der Waals surface area contributed by atoms with Crippen LogP contribution in [0.4, 0.5) is 0 Å². The third-order valence-corrected chi connectivity index (χ3v) is 1.73. The molecule has 0 aliphatic heterocycles. The summed E-state index contributed by atoms with van der Waals surface area (Å²) in [6, 6.07) is 0.0274. The van der Waals surface area contributed by atoms with Gasteiger partial charge in [0.2, 0.25) is 0 Å². The maximum atomic E-state index is 5.37. The predicted octanol–water partition coefficient (Wildman–Crippen LogP) is 0.113. The highest BCUT2D eigenvalue weighted by Gasteiger charge is 2.10. The van der Waals surface area contributed by atoms with Gasteiger partial charge in [-0.2, -0.15) is 15.4 Å². The van der Waals surface area contributed by atoms with Gasteiger partial charge in [0.15, 0.2) is 0 Å². The van der Waals surface area contributed by atoms with Gasteiger partial charge in [-0.15, -0.1) is 11.8 Å². The lowest BCUT2D eigenvalue weighted by Gasteiger charge is -2.09. The van der Waals surface area contributed by atoms with Gasteiger partial charge in [0.25, 0.3) is 0 Å². The zero-order valence-corrected chi connectivity index (χ0v) is 7.54. The Labute approximate surface area is 77.1 Å². The van der Waals surface area contributed by atoms with Crippen molar-refractivity contribution in [1.82, 2.24) is 20.8 Å². The fourth-order valence-corrected chi connectivity index (χ4v) is 1.04. The van der Waals surface area contributed by atoms with E-state index in [4.69, 9.17) is 5.84 Å². The van der Waals surface area contributed by atoms with Gasteiger partial charge < -0.3 is 0 Å². The van der Waals surface area contributed by atoms with Crippen molar-refractivity contribution >= 4 is 0 Å². The number of hydrogen-bond donors (Lipinski definition) is 3. The van der Waals surface area contributed by atoms with Crippen LogP contribution in [0.5, 0.6) is 0 Å². The summed E-state index contributed by atoms with van der Waals surface area (Å²) in [5, 5.41) is 10.2. The molecule has 1 aromatic rings. The maximum Gasteiger partial charge on any atom is 0.101 e. The number of aromatic amines is 1. The van der Waals surface area contributed by atoms with Crippen LogP contribution in [0.1, 0.15) is 31.5 Å². The lowest BCUT2D eigenvalue weighted by Crippen LogP contribution is -2.28. The van der Waals surface area contributed by atoms with Gasteiger partial charge in [0.05, 0.1) is 12.2 Å². The summed E-state index contributed by atoms with van der Waals surface area (Å²) in [5.74, 6) is 11.2. The zero-order chi connectivity index (χ0) is 9.52. The SMILES string of the molecule is CC#CCCC(NN)c1cn[nH]n1. The Morgan fingerprint density at radius 1 is 1.77 bits per heavy atom. The molecule has 1 aromatic heterocycles.